The fourth-order valence-corrected chi connectivity index (χ4v) is 1.17. The Hall–Kier alpha value is -0.346. The molecule has 0 aliphatic carbocycles. The second kappa shape index (κ2) is 4.52. The van der Waals surface area contributed by atoms with Crippen LogP contribution in [-0.4, -0.2) is 3.69 Å². The van der Waals surface area contributed by atoms with Crippen LogP contribution in [0.2, 0.25) is 0 Å². The van der Waals surface area contributed by atoms with Gasteiger partial charge in [0, 0.05) is 0 Å². The standard InChI is InChI=1S/C7H7O.H2O.O.Ti/c8-6-7-4-2-1-3-5-7;;;/h1-5H,6H2;1H2;;/q-1;;;+2/p-1. The average Bonchev–Trinajstić information content (AvgIpc) is 2.03. The molecule has 1 rings (SSSR count). The maximum absolute atomic E-state index is 10.2. The summed E-state index contributed by atoms with van der Waals surface area (Å²) in [5.41, 5.74) is 0.919. The van der Waals surface area contributed by atoms with E-state index in [9.17, 15) is 3.32 Å². The molecule has 0 atom stereocenters. The van der Waals surface area contributed by atoms with E-state index < -0.39 is 18.6 Å². The Balaban J connectivity index is 2.45. The van der Waals surface area contributed by atoms with Crippen LogP contribution in [0.1, 0.15) is 5.56 Å². The van der Waals surface area contributed by atoms with Gasteiger partial charge in [0.05, 0.1) is 0 Å². The third-order valence-electron chi connectivity index (χ3n) is 1.21. The molecule has 0 unspecified atom stereocenters. The van der Waals surface area contributed by atoms with Crippen molar-refractivity contribution in [1.29, 1.82) is 0 Å². The first-order valence-electron chi connectivity index (χ1n) is 3.18. The molecule has 4 heteroatoms. The fourth-order valence-electron chi connectivity index (χ4n) is 0.719. The molecule has 0 fully saturated rings. The summed E-state index contributed by atoms with van der Waals surface area (Å²) < 4.78 is 23.2. The minimum atomic E-state index is -3.32. The summed E-state index contributed by atoms with van der Waals surface area (Å²) in [7, 11) is 0. The molecular weight excluding hydrogens is 180 g/mol. The first-order chi connectivity index (χ1) is 5.29. The molecule has 0 bridgehead atoms. The van der Waals surface area contributed by atoms with Crippen LogP contribution in [0.25, 0.3) is 0 Å². The molecule has 1 aromatic rings. The van der Waals surface area contributed by atoms with Gasteiger partial charge in [0.25, 0.3) is 0 Å². The third kappa shape index (κ3) is 3.53. The zero-order valence-corrected chi connectivity index (χ0v) is 7.42. The Kier molecular flexibility index (Phi) is 3.59. The third-order valence-corrected chi connectivity index (χ3v) is 1.82. The molecule has 0 aliphatic heterocycles. The van der Waals surface area contributed by atoms with E-state index in [2.05, 4.69) is 3.32 Å². The molecule has 0 aliphatic rings. The molecule has 0 aromatic heterocycles. The molecule has 1 N–H and O–H groups in total. The Bertz CT molecular complexity index is 235. The molecule has 0 saturated carbocycles. The van der Waals surface area contributed by atoms with Crippen LogP contribution in [0, 0.1) is 0 Å². The van der Waals surface area contributed by atoms with Crippen molar-refractivity contribution in [3.05, 3.63) is 35.9 Å². The average molecular weight is 188 g/mol. The van der Waals surface area contributed by atoms with Crippen molar-refractivity contribution in [1.82, 2.24) is 0 Å². The van der Waals surface area contributed by atoms with E-state index in [1.54, 1.807) is 0 Å². The molecule has 3 nitrogen and oxygen atoms in total. The SMILES string of the molecule is [O]=[Ti]([OH])[O]Cc1ccccc1. The summed E-state index contributed by atoms with van der Waals surface area (Å²) in [5, 5.41) is 0. The van der Waals surface area contributed by atoms with Crippen LogP contribution in [0.4, 0.5) is 0 Å². The molecule has 1 aromatic carbocycles. The van der Waals surface area contributed by atoms with Crippen molar-refractivity contribution in [3.63, 3.8) is 0 Å². The van der Waals surface area contributed by atoms with E-state index in [1.807, 2.05) is 30.3 Å². The molecule has 0 heterocycles. The van der Waals surface area contributed by atoms with E-state index in [0.29, 0.717) is 0 Å². The van der Waals surface area contributed by atoms with E-state index in [0.717, 1.165) is 5.56 Å². The summed E-state index contributed by atoms with van der Waals surface area (Å²) >= 11 is -3.32. The normalized spacial score (nSPS) is 9.55. The van der Waals surface area contributed by atoms with Crippen molar-refractivity contribution in [2.24, 2.45) is 0 Å². The van der Waals surface area contributed by atoms with Gasteiger partial charge in [-0.25, -0.2) is 0 Å². The molecule has 0 spiro atoms. The van der Waals surface area contributed by atoms with Crippen LogP contribution < -0.4 is 0 Å². The summed E-state index contributed by atoms with van der Waals surface area (Å²) in [5.74, 6) is 0. The quantitative estimate of drug-likeness (QED) is 0.719. The van der Waals surface area contributed by atoms with E-state index in [1.165, 1.54) is 0 Å². The summed E-state index contributed by atoms with van der Waals surface area (Å²) in [6, 6.07) is 9.31. The van der Waals surface area contributed by atoms with Crippen LogP contribution in [0.3, 0.4) is 0 Å². The van der Waals surface area contributed by atoms with Crippen molar-refractivity contribution in [3.8, 4) is 0 Å². The Morgan fingerprint density at radius 1 is 1.36 bits per heavy atom. The minimum absolute atomic E-state index is 0.232. The van der Waals surface area contributed by atoms with Gasteiger partial charge in [-0.2, -0.15) is 0 Å². The van der Waals surface area contributed by atoms with Crippen LogP contribution in [0.5, 0.6) is 0 Å². The van der Waals surface area contributed by atoms with Gasteiger partial charge in [-0.05, 0) is 0 Å². The molecule has 58 valence electrons. The van der Waals surface area contributed by atoms with Gasteiger partial charge in [-0.15, -0.1) is 0 Å². The van der Waals surface area contributed by atoms with Gasteiger partial charge < -0.3 is 0 Å². The van der Waals surface area contributed by atoms with Crippen molar-refractivity contribution >= 4 is 0 Å². The van der Waals surface area contributed by atoms with Crippen molar-refractivity contribution in [2.75, 3.05) is 0 Å². The van der Waals surface area contributed by atoms with Gasteiger partial charge >= 0.3 is 71.4 Å². The number of hydrogen-bond donors (Lipinski definition) is 1. The van der Waals surface area contributed by atoms with Crippen molar-refractivity contribution < 1.29 is 28.9 Å². The predicted octanol–water partition coefficient (Wildman–Crippen LogP) is 0.989. The Labute approximate surface area is 71.7 Å². The first kappa shape index (κ1) is 8.75. The number of rotatable bonds is 3. The summed E-state index contributed by atoms with van der Waals surface area (Å²) in [4.78, 5) is 0. The van der Waals surface area contributed by atoms with Gasteiger partial charge in [0.2, 0.25) is 0 Å². The molecule has 0 saturated heterocycles. The monoisotopic (exact) mass is 188 g/mol. The second-order valence-corrected chi connectivity index (χ2v) is 3.32. The molecule has 0 amide bonds. The summed E-state index contributed by atoms with van der Waals surface area (Å²) in [6.07, 6.45) is 0. The predicted molar refractivity (Wildman–Crippen MR) is 34.1 cm³/mol. The first-order valence-corrected chi connectivity index (χ1v) is 5.16. The van der Waals surface area contributed by atoms with Gasteiger partial charge in [0.1, 0.15) is 0 Å². The van der Waals surface area contributed by atoms with E-state index in [4.69, 9.17) is 3.69 Å². The van der Waals surface area contributed by atoms with Crippen LogP contribution in [0.15, 0.2) is 30.3 Å². The zero-order valence-electron chi connectivity index (χ0n) is 5.86. The van der Waals surface area contributed by atoms with E-state index >= 15 is 0 Å². The molecule has 11 heavy (non-hydrogen) atoms. The fraction of sp³-hybridized carbons (Fsp3) is 0.143. The van der Waals surface area contributed by atoms with Crippen LogP contribution >= 0.6 is 0 Å². The molecular formula is C7H8O3Ti. The van der Waals surface area contributed by atoms with Gasteiger partial charge in [0.15, 0.2) is 0 Å². The zero-order chi connectivity index (χ0) is 8.10. The molecule has 0 radical (unpaired) electrons. The Morgan fingerprint density at radius 3 is 2.55 bits per heavy atom. The maximum atomic E-state index is 10.2. The van der Waals surface area contributed by atoms with Gasteiger partial charge in [-0.3, -0.25) is 0 Å². The topological polar surface area (TPSA) is 46.5 Å². The van der Waals surface area contributed by atoms with Gasteiger partial charge in [-0.1, -0.05) is 0 Å². The van der Waals surface area contributed by atoms with Crippen LogP contribution in [-0.2, 0) is 31.9 Å². The van der Waals surface area contributed by atoms with Crippen molar-refractivity contribution in [2.45, 2.75) is 6.61 Å². The second-order valence-electron chi connectivity index (χ2n) is 2.04. The Morgan fingerprint density at radius 2 is 2.00 bits per heavy atom. The number of benzene rings is 1. The number of hydrogen-bond acceptors (Lipinski definition) is 2. The summed E-state index contributed by atoms with van der Waals surface area (Å²) in [6.45, 7) is 0.232. The van der Waals surface area contributed by atoms with E-state index in [-0.39, 0.29) is 6.61 Å².